The van der Waals surface area contributed by atoms with E-state index in [1.54, 1.807) is 16.0 Å². The number of hydrogen-bond donors (Lipinski definition) is 0. The molecule has 0 amide bonds. The predicted octanol–water partition coefficient (Wildman–Crippen LogP) is 5.98. The van der Waals surface area contributed by atoms with E-state index in [9.17, 15) is 0 Å². The molecule has 1 aliphatic carbocycles. The average Bonchev–Trinajstić information content (AvgIpc) is 2.93. The van der Waals surface area contributed by atoms with Crippen molar-refractivity contribution in [3.8, 4) is 0 Å². The van der Waals surface area contributed by atoms with Gasteiger partial charge in [0, 0.05) is 0 Å². The van der Waals surface area contributed by atoms with Crippen LogP contribution < -0.4 is 5.19 Å². The van der Waals surface area contributed by atoms with Gasteiger partial charge in [-0.3, -0.25) is 0 Å². The van der Waals surface area contributed by atoms with Gasteiger partial charge in [-0.25, -0.2) is 0 Å². The lowest BCUT2D eigenvalue weighted by Gasteiger charge is -2.32. The number of hydrogen-bond acceptors (Lipinski definition) is 0. The molecule has 2 rings (SSSR count). The van der Waals surface area contributed by atoms with Crippen LogP contribution in [0.1, 0.15) is 57.1 Å². The fourth-order valence-corrected chi connectivity index (χ4v) is 8.43. The van der Waals surface area contributed by atoms with E-state index < -0.39 is 8.07 Å². The Balaban J connectivity index is 2.46. The fourth-order valence-electron chi connectivity index (χ4n) is 3.90. The highest BCUT2D eigenvalue weighted by atomic mass is 28.3. The first-order valence-corrected chi connectivity index (χ1v) is 11.7. The molecule has 0 bridgehead atoms. The Bertz CT molecular complexity index is 559. The maximum Gasteiger partial charge on any atom is 0.115 e. The maximum absolute atomic E-state index is 2.61. The van der Waals surface area contributed by atoms with Gasteiger partial charge in [0.1, 0.15) is 8.07 Å². The first-order valence-electron chi connectivity index (χ1n) is 9.00. The van der Waals surface area contributed by atoms with E-state index in [-0.39, 0.29) is 0 Å². The van der Waals surface area contributed by atoms with E-state index in [0.717, 1.165) is 6.42 Å². The van der Waals surface area contributed by atoms with Crippen molar-refractivity contribution < 1.29 is 0 Å². The summed E-state index contributed by atoms with van der Waals surface area (Å²) >= 11 is 0. The van der Waals surface area contributed by atoms with Crippen molar-refractivity contribution >= 4 is 13.3 Å². The number of allylic oxidation sites excluding steroid dienone is 4. The van der Waals surface area contributed by atoms with Gasteiger partial charge in [-0.15, -0.1) is 0 Å². The van der Waals surface area contributed by atoms with Crippen molar-refractivity contribution in [2.75, 3.05) is 0 Å². The Morgan fingerprint density at radius 2 is 1.64 bits per heavy atom. The summed E-state index contributed by atoms with van der Waals surface area (Å²) < 4.78 is 0. The van der Waals surface area contributed by atoms with Crippen molar-refractivity contribution in [3.05, 3.63) is 52.2 Å². The molecule has 0 N–H and O–H groups in total. The summed E-state index contributed by atoms with van der Waals surface area (Å²) in [7, 11) is -1.58. The molecule has 0 fully saturated rings. The minimum Gasteiger partial charge on any atom is -0.0808 e. The van der Waals surface area contributed by atoms with Gasteiger partial charge in [0.25, 0.3) is 0 Å². The minimum absolute atomic E-state index is 1.16. The zero-order chi connectivity index (χ0) is 16.2. The van der Waals surface area contributed by atoms with Crippen molar-refractivity contribution in [2.24, 2.45) is 0 Å². The van der Waals surface area contributed by atoms with Gasteiger partial charge in [-0.2, -0.15) is 0 Å². The van der Waals surface area contributed by atoms with Crippen LogP contribution in [0.15, 0.2) is 41.1 Å². The molecule has 1 aliphatic rings. The summed E-state index contributed by atoms with van der Waals surface area (Å²) in [4.78, 5) is 0. The summed E-state index contributed by atoms with van der Waals surface area (Å²) in [6, 6.07) is 8.64. The topological polar surface area (TPSA) is 0 Å². The van der Waals surface area contributed by atoms with Gasteiger partial charge in [0.2, 0.25) is 0 Å². The van der Waals surface area contributed by atoms with Crippen LogP contribution in [0.5, 0.6) is 0 Å². The molecule has 22 heavy (non-hydrogen) atoms. The van der Waals surface area contributed by atoms with Gasteiger partial charge in [-0.1, -0.05) is 97.1 Å². The second-order valence-electron chi connectivity index (χ2n) is 7.14. The van der Waals surface area contributed by atoms with Crippen LogP contribution in [0, 0.1) is 13.8 Å². The van der Waals surface area contributed by atoms with E-state index in [2.05, 4.69) is 64.6 Å². The number of benzene rings is 1. The van der Waals surface area contributed by atoms with Gasteiger partial charge >= 0.3 is 0 Å². The maximum atomic E-state index is 2.61. The highest BCUT2D eigenvalue weighted by Gasteiger charge is 2.35. The standard InChI is InChI=1S/C21H32Si/c1-6-8-13-22(5,20-15-17(3)14-18(4)16-20)21-12-9-11-19(21)10-7-2/h11-12,14-16H,6-10,13H2,1-5H3. The normalized spacial score (nSPS) is 17.1. The molecule has 0 aliphatic heterocycles. The van der Waals surface area contributed by atoms with Crippen LogP contribution in [0.25, 0.3) is 0 Å². The van der Waals surface area contributed by atoms with Crippen molar-refractivity contribution in [1.82, 2.24) is 0 Å². The molecule has 1 aromatic carbocycles. The molecular weight excluding hydrogens is 280 g/mol. The van der Waals surface area contributed by atoms with E-state index in [1.807, 2.05) is 0 Å². The van der Waals surface area contributed by atoms with E-state index in [4.69, 9.17) is 0 Å². The smallest absolute Gasteiger partial charge is 0.0808 e. The molecule has 1 unspecified atom stereocenters. The van der Waals surface area contributed by atoms with Crippen LogP contribution in [-0.2, 0) is 0 Å². The third kappa shape index (κ3) is 3.63. The Morgan fingerprint density at radius 1 is 0.955 bits per heavy atom. The summed E-state index contributed by atoms with van der Waals surface area (Å²) in [5, 5.41) is 3.39. The molecule has 1 atom stereocenters. The molecule has 1 heteroatoms. The molecular formula is C21H32Si. The fraction of sp³-hybridized carbons (Fsp3) is 0.524. The molecule has 0 saturated heterocycles. The molecule has 0 radical (unpaired) electrons. The summed E-state index contributed by atoms with van der Waals surface area (Å²) in [5.41, 5.74) is 4.50. The van der Waals surface area contributed by atoms with Crippen LogP contribution in [0.3, 0.4) is 0 Å². The zero-order valence-electron chi connectivity index (χ0n) is 15.1. The molecule has 0 nitrogen and oxygen atoms in total. The second kappa shape index (κ2) is 7.46. The lowest BCUT2D eigenvalue weighted by Crippen LogP contribution is -2.47. The summed E-state index contributed by atoms with van der Waals surface area (Å²) in [5.74, 6) is 0. The van der Waals surface area contributed by atoms with Crippen molar-refractivity contribution in [2.45, 2.75) is 72.4 Å². The van der Waals surface area contributed by atoms with Gasteiger partial charge in [-0.05, 0) is 32.7 Å². The second-order valence-corrected chi connectivity index (χ2v) is 11.4. The van der Waals surface area contributed by atoms with Crippen LogP contribution in [0.4, 0.5) is 0 Å². The minimum atomic E-state index is -1.58. The first kappa shape index (κ1) is 17.3. The van der Waals surface area contributed by atoms with Gasteiger partial charge < -0.3 is 0 Å². The summed E-state index contributed by atoms with van der Waals surface area (Å²) in [6.07, 6.45) is 11.4. The largest absolute Gasteiger partial charge is 0.115 e. The first-order chi connectivity index (χ1) is 10.5. The average molecular weight is 313 g/mol. The van der Waals surface area contributed by atoms with Crippen LogP contribution >= 0.6 is 0 Å². The SMILES string of the molecule is CCCC[Si](C)(C1=CCC=C1CCC)c1cc(C)cc(C)c1. The lowest BCUT2D eigenvalue weighted by molar-refractivity contribution is 0.868. The van der Waals surface area contributed by atoms with Crippen molar-refractivity contribution in [3.63, 3.8) is 0 Å². The Hall–Kier alpha value is -1.08. The predicted molar refractivity (Wildman–Crippen MR) is 103 cm³/mol. The van der Waals surface area contributed by atoms with Gasteiger partial charge in [0.05, 0.1) is 0 Å². The third-order valence-corrected chi connectivity index (χ3v) is 9.67. The molecule has 1 aromatic rings. The molecule has 0 aromatic heterocycles. The highest BCUT2D eigenvalue weighted by molar-refractivity contribution is 6.97. The highest BCUT2D eigenvalue weighted by Crippen LogP contribution is 2.34. The van der Waals surface area contributed by atoms with Crippen LogP contribution in [0.2, 0.25) is 12.6 Å². The summed E-state index contributed by atoms with van der Waals surface area (Å²) in [6.45, 7) is 11.7. The Kier molecular flexibility index (Phi) is 5.85. The number of rotatable bonds is 7. The lowest BCUT2D eigenvalue weighted by atomic mass is 10.1. The number of unbranched alkanes of at least 4 members (excludes halogenated alkanes) is 1. The third-order valence-electron chi connectivity index (χ3n) is 5.04. The quantitative estimate of drug-likeness (QED) is 0.543. The molecule has 0 saturated carbocycles. The van der Waals surface area contributed by atoms with Gasteiger partial charge in [0.15, 0.2) is 0 Å². The zero-order valence-corrected chi connectivity index (χ0v) is 16.1. The van der Waals surface area contributed by atoms with E-state index in [1.165, 1.54) is 42.9 Å². The molecule has 0 spiro atoms. The monoisotopic (exact) mass is 312 g/mol. The van der Waals surface area contributed by atoms with E-state index in [0.29, 0.717) is 0 Å². The molecule has 120 valence electrons. The number of aryl methyl sites for hydroxylation is 2. The molecule has 0 heterocycles. The Labute approximate surface area is 138 Å². The van der Waals surface area contributed by atoms with Crippen molar-refractivity contribution in [1.29, 1.82) is 0 Å². The van der Waals surface area contributed by atoms with E-state index >= 15 is 0 Å². The Morgan fingerprint density at radius 3 is 2.23 bits per heavy atom. The van der Waals surface area contributed by atoms with Crippen LogP contribution in [-0.4, -0.2) is 8.07 Å².